The van der Waals surface area contributed by atoms with E-state index in [-0.39, 0.29) is 6.03 Å². The quantitative estimate of drug-likeness (QED) is 0.658. The van der Waals surface area contributed by atoms with Crippen LogP contribution in [0.25, 0.3) is 0 Å². The molecule has 0 aromatic heterocycles. The number of rotatable bonds is 4. The average molecular weight is 282 g/mol. The van der Waals surface area contributed by atoms with Crippen LogP contribution in [0.15, 0.2) is 24.3 Å². The maximum absolute atomic E-state index is 11.3. The third-order valence-corrected chi connectivity index (χ3v) is 2.43. The van der Waals surface area contributed by atoms with Crippen molar-refractivity contribution < 1.29 is 4.79 Å². The zero-order valence-electron chi connectivity index (χ0n) is 8.66. The van der Waals surface area contributed by atoms with Gasteiger partial charge in [-0.05, 0) is 30.7 Å². The number of anilines is 1. The van der Waals surface area contributed by atoms with Crippen LogP contribution >= 0.6 is 15.9 Å². The maximum atomic E-state index is 11.3. The largest absolute Gasteiger partial charge is 0.338 e. The first-order valence-electron chi connectivity index (χ1n) is 4.87. The summed E-state index contributed by atoms with van der Waals surface area (Å²) in [5, 5.41) is 14.9. The molecule has 84 valence electrons. The highest BCUT2D eigenvalue weighted by Crippen LogP contribution is 2.08. The Bertz CT molecular complexity index is 383. The normalized spacial score (nSPS) is 9.25. The number of alkyl halides is 1. The second kappa shape index (κ2) is 6.85. The van der Waals surface area contributed by atoms with Crippen molar-refractivity contribution in [3.63, 3.8) is 0 Å². The molecule has 2 amide bonds. The topological polar surface area (TPSA) is 64.9 Å². The predicted molar refractivity (Wildman–Crippen MR) is 66.6 cm³/mol. The summed E-state index contributed by atoms with van der Waals surface area (Å²) in [5.41, 5.74) is 1.25. The molecule has 1 rings (SSSR count). The van der Waals surface area contributed by atoms with Crippen LogP contribution in [0.2, 0.25) is 0 Å². The van der Waals surface area contributed by atoms with E-state index in [0.717, 1.165) is 11.8 Å². The van der Waals surface area contributed by atoms with Crippen LogP contribution in [0.5, 0.6) is 0 Å². The number of urea groups is 1. The van der Waals surface area contributed by atoms with Crippen LogP contribution in [0.4, 0.5) is 10.5 Å². The van der Waals surface area contributed by atoms with Gasteiger partial charge in [0.2, 0.25) is 0 Å². The van der Waals surface area contributed by atoms with Crippen LogP contribution < -0.4 is 10.6 Å². The Morgan fingerprint density at radius 2 is 2.06 bits per heavy atom. The van der Waals surface area contributed by atoms with E-state index in [1.165, 1.54) is 0 Å². The van der Waals surface area contributed by atoms with Crippen LogP contribution in [-0.4, -0.2) is 17.9 Å². The standard InChI is InChI=1S/C11H12BrN3O/c12-6-1-7-14-11(16)15-10-4-2-9(8-13)3-5-10/h2-5H,1,6-7H2,(H2,14,15,16). The van der Waals surface area contributed by atoms with Crippen LogP contribution in [-0.2, 0) is 0 Å². The zero-order valence-corrected chi connectivity index (χ0v) is 10.3. The summed E-state index contributed by atoms with van der Waals surface area (Å²) in [6, 6.07) is 8.50. The van der Waals surface area contributed by atoms with Crippen molar-refractivity contribution in [3.8, 4) is 6.07 Å². The minimum atomic E-state index is -0.231. The van der Waals surface area contributed by atoms with E-state index in [2.05, 4.69) is 26.6 Å². The molecule has 0 unspecified atom stereocenters. The molecular weight excluding hydrogens is 270 g/mol. The summed E-state index contributed by atoms with van der Waals surface area (Å²) >= 11 is 3.28. The summed E-state index contributed by atoms with van der Waals surface area (Å²) in [4.78, 5) is 11.3. The Morgan fingerprint density at radius 1 is 1.38 bits per heavy atom. The number of hydrogen-bond donors (Lipinski definition) is 2. The Kier molecular flexibility index (Phi) is 5.37. The number of benzene rings is 1. The number of halogens is 1. The van der Waals surface area contributed by atoms with E-state index in [4.69, 9.17) is 5.26 Å². The first-order chi connectivity index (χ1) is 7.76. The Hall–Kier alpha value is -1.54. The summed E-state index contributed by atoms with van der Waals surface area (Å²) in [6.45, 7) is 0.632. The second-order valence-electron chi connectivity index (χ2n) is 3.11. The lowest BCUT2D eigenvalue weighted by molar-refractivity contribution is 0.252. The van der Waals surface area contributed by atoms with Gasteiger partial charge in [0.1, 0.15) is 0 Å². The van der Waals surface area contributed by atoms with Gasteiger partial charge in [-0.1, -0.05) is 15.9 Å². The molecule has 16 heavy (non-hydrogen) atoms. The molecule has 0 aliphatic carbocycles. The molecule has 0 bridgehead atoms. The molecule has 0 saturated heterocycles. The van der Waals surface area contributed by atoms with Gasteiger partial charge in [0.05, 0.1) is 11.6 Å². The minimum Gasteiger partial charge on any atom is -0.338 e. The molecule has 1 aromatic carbocycles. The predicted octanol–water partition coefficient (Wildman–Crippen LogP) is 2.46. The third kappa shape index (κ3) is 4.32. The fourth-order valence-corrected chi connectivity index (χ4v) is 1.35. The van der Waals surface area contributed by atoms with Crippen LogP contribution in [0.1, 0.15) is 12.0 Å². The van der Waals surface area contributed by atoms with Crippen LogP contribution in [0, 0.1) is 11.3 Å². The molecule has 0 aliphatic rings. The van der Waals surface area contributed by atoms with E-state index in [1.54, 1.807) is 24.3 Å². The molecule has 0 radical (unpaired) electrons. The van der Waals surface area contributed by atoms with Crippen molar-refractivity contribution in [1.82, 2.24) is 5.32 Å². The van der Waals surface area contributed by atoms with Crippen molar-refractivity contribution >= 4 is 27.6 Å². The molecule has 2 N–H and O–H groups in total. The summed E-state index contributed by atoms with van der Waals surface area (Å²) < 4.78 is 0. The highest BCUT2D eigenvalue weighted by atomic mass is 79.9. The Morgan fingerprint density at radius 3 is 2.62 bits per heavy atom. The number of hydrogen-bond acceptors (Lipinski definition) is 2. The first kappa shape index (κ1) is 12.5. The highest BCUT2D eigenvalue weighted by Gasteiger charge is 2.00. The Labute approximate surface area is 103 Å². The number of carbonyl (C=O) groups is 1. The Balaban J connectivity index is 2.41. The van der Waals surface area contributed by atoms with Gasteiger partial charge in [0, 0.05) is 17.6 Å². The summed E-state index contributed by atoms with van der Waals surface area (Å²) in [5.74, 6) is 0. The fourth-order valence-electron chi connectivity index (χ4n) is 1.07. The lowest BCUT2D eigenvalue weighted by Crippen LogP contribution is -2.29. The van der Waals surface area contributed by atoms with Crippen molar-refractivity contribution in [2.24, 2.45) is 0 Å². The molecule has 5 heteroatoms. The molecule has 0 heterocycles. The van der Waals surface area contributed by atoms with Gasteiger partial charge < -0.3 is 10.6 Å². The fraction of sp³-hybridized carbons (Fsp3) is 0.273. The van der Waals surface area contributed by atoms with Gasteiger partial charge >= 0.3 is 6.03 Å². The maximum Gasteiger partial charge on any atom is 0.319 e. The molecule has 1 aromatic rings. The molecule has 0 aliphatic heterocycles. The lowest BCUT2D eigenvalue weighted by Gasteiger charge is -2.06. The lowest BCUT2D eigenvalue weighted by atomic mass is 10.2. The number of carbonyl (C=O) groups excluding carboxylic acids is 1. The van der Waals surface area contributed by atoms with Gasteiger partial charge in [-0.15, -0.1) is 0 Å². The number of amides is 2. The van der Waals surface area contributed by atoms with E-state index >= 15 is 0 Å². The van der Waals surface area contributed by atoms with Crippen molar-refractivity contribution in [2.75, 3.05) is 17.2 Å². The number of nitrogens with zero attached hydrogens (tertiary/aromatic N) is 1. The van der Waals surface area contributed by atoms with E-state index in [1.807, 2.05) is 6.07 Å². The van der Waals surface area contributed by atoms with E-state index in [0.29, 0.717) is 17.8 Å². The van der Waals surface area contributed by atoms with Crippen molar-refractivity contribution in [3.05, 3.63) is 29.8 Å². The van der Waals surface area contributed by atoms with Gasteiger partial charge in [-0.25, -0.2) is 4.79 Å². The monoisotopic (exact) mass is 281 g/mol. The van der Waals surface area contributed by atoms with Crippen molar-refractivity contribution in [1.29, 1.82) is 5.26 Å². The smallest absolute Gasteiger partial charge is 0.319 e. The number of nitrogens with one attached hydrogen (secondary N) is 2. The molecule has 0 spiro atoms. The van der Waals surface area contributed by atoms with Crippen molar-refractivity contribution in [2.45, 2.75) is 6.42 Å². The van der Waals surface area contributed by atoms with Gasteiger partial charge in [0.25, 0.3) is 0 Å². The molecule has 0 saturated carbocycles. The van der Waals surface area contributed by atoms with Crippen LogP contribution in [0.3, 0.4) is 0 Å². The van der Waals surface area contributed by atoms with Gasteiger partial charge in [-0.2, -0.15) is 5.26 Å². The molecule has 0 atom stereocenters. The van der Waals surface area contributed by atoms with E-state index in [9.17, 15) is 4.79 Å². The average Bonchev–Trinajstić information content (AvgIpc) is 2.30. The van der Waals surface area contributed by atoms with E-state index < -0.39 is 0 Å². The highest BCUT2D eigenvalue weighted by molar-refractivity contribution is 9.09. The first-order valence-corrected chi connectivity index (χ1v) is 5.99. The SMILES string of the molecule is N#Cc1ccc(NC(=O)NCCCBr)cc1. The zero-order chi connectivity index (χ0) is 11.8. The number of nitriles is 1. The summed E-state index contributed by atoms with van der Waals surface area (Å²) in [6.07, 6.45) is 0.890. The minimum absolute atomic E-state index is 0.231. The molecule has 0 fully saturated rings. The van der Waals surface area contributed by atoms with Gasteiger partial charge in [-0.3, -0.25) is 0 Å². The van der Waals surface area contributed by atoms with Gasteiger partial charge in [0.15, 0.2) is 0 Å². The third-order valence-electron chi connectivity index (χ3n) is 1.87. The molecule has 4 nitrogen and oxygen atoms in total. The molecular formula is C11H12BrN3O. The summed E-state index contributed by atoms with van der Waals surface area (Å²) in [7, 11) is 0. The second-order valence-corrected chi connectivity index (χ2v) is 3.91.